The minimum atomic E-state index is -0.906. The molecule has 76 valence electrons. The van der Waals surface area contributed by atoms with Crippen LogP contribution in [0, 0.1) is 0 Å². The highest BCUT2D eigenvalue weighted by atomic mass is 79.9. The highest BCUT2D eigenvalue weighted by molar-refractivity contribution is 9.10. The topological polar surface area (TPSA) is 53.4 Å². The molecular formula is C8H8BrClN2O2. The van der Waals surface area contributed by atoms with Gasteiger partial charge < -0.3 is 10.0 Å². The molecule has 1 aromatic heterocycles. The highest BCUT2D eigenvalue weighted by Crippen LogP contribution is 2.25. The number of hydrogen-bond acceptors (Lipinski definition) is 3. The number of rotatable bonds is 3. The first-order valence-electron chi connectivity index (χ1n) is 3.74. The van der Waals surface area contributed by atoms with E-state index in [4.69, 9.17) is 16.7 Å². The van der Waals surface area contributed by atoms with Crippen LogP contribution in [0.25, 0.3) is 0 Å². The molecule has 0 amide bonds. The maximum atomic E-state index is 10.5. The largest absolute Gasteiger partial charge is 0.480 e. The van der Waals surface area contributed by atoms with Crippen molar-refractivity contribution in [3.05, 3.63) is 21.8 Å². The second-order valence-electron chi connectivity index (χ2n) is 2.71. The third kappa shape index (κ3) is 2.85. The van der Waals surface area contributed by atoms with Crippen LogP contribution in [0.5, 0.6) is 0 Å². The lowest BCUT2D eigenvalue weighted by Crippen LogP contribution is -2.26. The lowest BCUT2D eigenvalue weighted by molar-refractivity contribution is -0.135. The van der Waals surface area contributed by atoms with E-state index in [1.807, 2.05) is 0 Å². The summed E-state index contributed by atoms with van der Waals surface area (Å²) in [6.45, 7) is -0.104. The lowest BCUT2D eigenvalue weighted by Gasteiger charge is -2.16. The Labute approximate surface area is 94.6 Å². The van der Waals surface area contributed by atoms with Gasteiger partial charge in [0.15, 0.2) is 0 Å². The van der Waals surface area contributed by atoms with Crippen LogP contribution in [0.2, 0.25) is 5.02 Å². The zero-order chi connectivity index (χ0) is 10.7. The Balaban J connectivity index is 2.90. The molecule has 0 spiro atoms. The number of carboxylic acids is 1. The Morgan fingerprint density at radius 3 is 2.93 bits per heavy atom. The molecule has 0 unspecified atom stereocenters. The van der Waals surface area contributed by atoms with Crippen molar-refractivity contribution in [2.45, 2.75) is 0 Å². The molecule has 0 radical (unpaired) electrons. The summed E-state index contributed by atoms with van der Waals surface area (Å²) < 4.78 is 0.675. The Hall–Kier alpha value is -0.810. The number of anilines is 1. The minimum Gasteiger partial charge on any atom is -0.480 e. The van der Waals surface area contributed by atoms with Crippen molar-refractivity contribution in [2.24, 2.45) is 0 Å². The smallest absolute Gasteiger partial charge is 0.323 e. The first-order valence-corrected chi connectivity index (χ1v) is 4.92. The molecular weight excluding hydrogens is 271 g/mol. The second kappa shape index (κ2) is 4.61. The fourth-order valence-corrected chi connectivity index (χ4v) is 1.91. The summed E-state index contributed by atoms with van der Waals surface area (Å²) in [6.07, 6.45) is 1.47. The van der Waals surface area contributed by atoms with Gasteiger partial charge in [-0.25, -0.2) is 4.98 Å². The van der Waals surface area contributed by atoms with Crippen molar-refractivity contribution < 1.29 is 9.90 Å². The van der Waals surface area contributed by atoms with Crippen molar-refractivity contribution in [2.75, 3.05) is 18.5 Å². The highest BCUT2D eigenvalue weighted by Gasteiger charge is 2.10. The minimum absolute atomic E-state index is 0.104. The standard InChI is InChI=1S/C8H8BrClN2O2/c1-12(4-7(13)14)8-6(9)2-5(10)3-11-8/h2-3H,4H2,1H3,(H,13,14). The van der Waals surface area contributed by atoms with Crippen LogP contribution in [-0.2, 0) is 4.79 Å². The van der Waals surface area contributed by atoms with Crippen molar-refractivity contribution >= 4 is 39.3 Å². The van der Waals surface area contributed by atoms with E-state index >= 15 is 0 Å². The predicted octanol–water partition coefficient (Wildman–Crippen LogP) is 2.02. The van der Waals surface area contributed by atoms with E-state index in [9.17, 15) is 4.79 Å². The Morgan fingerprint density at radius 2 is 2.43 bits per heavy atom. The number of carbonyl (C=O) groups is 1. The molecule has 4 nitrogen and oxygen atoms in total. The molecule has 0 aliphatic carbocycles. The molecule has 0 atom stereocenters. The molecule has 0 aliphatic heterocycles. The average Bonchev–Trinajstić information content (AvgIpc) is 2.01. The number of halogens is 2. The molecule has 1 aromatic rings. The molecule has 0 saturated heterocycles. The Bertz CT molecular complexity index is 359. The van der Waals surface area contributed by atoms with Crippen LogP contribution >= 0.6 is 27.5 Å². The van der Waals surface area contributed by atoms with Crippen LogP contribution in [0.15, 0.2) is 16.7 Å². The van der Waals surface area contributed by atoms with Crippen molar-refractivity contribution in [3.63, 3.8) is 0 Å². The summed E-state index contributed by atoms with van der Waals surface area (Å²) in [5, 5.41) is 9.08. The van der Waals surface area contributed by atoms with Gasteiger partial charge in [0.1, 0.15) is 12.4 Å². The number of aromatic nitrogens is 1. The molecule has 1 heterocycles. The van der Waals surface area contributed by atoms with Gasteiger partial charge in [0.05, 0.1) is 9.50 Å². The van der Waals surface area contributed by atoms with Crippen LogP contribution in [0.1, 0.15) is 0 Å². The lowest BCUT2D eigenvalue weighted by atomic mass is 10.4. The maximum Gasteiger partial charge on any atom is 0.323 e. The third-order valence-corrected chi connectivity index (χ3v) is 2.31. The molecule has 0 aromatic carbocycles. The zero-order valence-electron chi connectivity index (χ0n) is 7.37. The van der Waals surface area contributed by atoms with Gasteiger partial charge in [-0.05, 0) is 22.0 Å². The molecule has 1 N–H and O–H groups in total. The molecule has 6 heteroatoms. The second-order valence-corrected chi connectivity index (χ2v) is 4.00. The van der Waals surface area contributed by atoms with E-state index in [-0.39, 0.29) is 6.54 Å². The molecule has 0 saturated carbocycles. The molecule has 0 aliphatic rings. The fraction of sp³-hybridized carbons (Fsp3) is 0.250. The zero-order valence-corrected chi connectivity index (χ0v) is 9.71. The van der Waals surface area contributed by atoms with Gasteiger partial charge in [0.25, 0.3) is 0 Å². The van der Waals surface area contributed by atoms with E-state index in [0.717, 1.165) is 0 Å². The molecule has 0 fully saturated rings. The van der Waals surface area contributed by atoms with Gasteiger partial charge in [0, 0.05) is 13.2 Å². The number of aliphatic carboxylic acids is 1. The normalized spacial score (nSPS) is 9.93. The first kappa shape index (κ1) is 11.3. The SMILES string of the molecule is CN(CC(=O)O)c1ncc(Cl)cc1Br. The van der Waals surface area contributed by atoms with Crippen molar-refractivity contribution in [1.82, 2.24) is 4.98 Å². The van der Waals surface area contributed by atoms with Gasteiger partial charge >= 0.3 is 5.97 Å². The summed E-state index contributed by atoms with van der Waals surface area (Å²) >= 11 is 8.96. The summed E-state index contributed by atoms with van der Waals surface area (Å²) in [7, 11) is 1.65. The Morgan fingerprint density at radius 1 is 1.79 bits per heavy atom. The van der Waals surface area contributed by atoms with Crippen LogP contribution in [0.3, 0.4) is 0 Å². The summed E-state index contributed by atoms with van der Waals surface area (Å²) in [4.78, 5) is 16.0. The number of carboxylic acid groups (broad SMARTS) is 1. The van der Waals surface area contributed by atoms with Gasteiger partial charge in [-0.1, -0.05) is 11.6 Å². The molecule has 0 bridgehead atoms. The van der Waals surface area contributed by atoms with E-state index in [1.165, 1.54) is 11.1 Å². The van der Waals surface area contributed by atoms with Crippen LogP contribution in [-0.4, -0.2) is 29.7 Å². The predicted molar refractivity (Wildman–Crippen MR) is 57.9 cm³/mol. The Kier molecular flexibility index (Phi) is 3.71. The summed E-state index contributed by atoms with van der Waals surface area (Å²) in [5.74, 6) is -0.354. The summed E-state index contributed by atoms with van der Waals surface area (Å²) in [6, 6.07) is 1.67. The average molecular weight is 280 g/mol. The molecule has 14 heavy (non-hydrogen) atoms. The van der Waals surface area contributed by atoms with E-state index in [1.54, 1.807) is 13.1 Å². The van der Waals surface area contributed by atoms with Crippen LogP contribution in [0.4, 0.5) is 5.82 Å². The van der Waals surface area contributed by atoms with Gasteiger partial charge in [-0.2, -0.15) is 0 Å². The monoisotopic (exact) mass is 278 g/mol. The fourth-order valence-electron chi connectivity index (χ4n) is 0.966. The van der Waals surface area contributed by atoms with Crippen LogP contribution < -0.4 is 4.90 Å². The quantitative estimate of drug-likeness (QED) is 0.920. The number of hydrogen-bond donors (Lipinski definition) is 1. The van der Waals surface area contributed by atoms with E-state index < -0.39 is 5.97 Å². The van der Waals surface area contributed by atoms with Gasteiger partial charge in [-0.3, -0.25) is 4.79 Å². The first-order chi connectivity index (χ1) is 6.50. The number of nitrogens with zero attached hydrogens (tertiary/aromatic N) is 2. The van der Waals surface area contributed by atoms with E-state index in [0.29, 0.717) is 15.3 Å². The van der Waals surface area contributed by atoms with Crippen molar-refractivity contribution in [3.8, 4) is 0 Å². The van der Waals surface area contributed by atoms with E-state index in [2.05, 4.69) is 20.9 Å². The van der Waals surface area contributed by atoms with Gasteiger partial charge in [-0.15, -0.1) is 0 Å². The third-order valence-electron chi connectivity index (χ3n) is 1.52. The van der Waals surface area contributed by atoms with Crippen molar-refractivity contribution in [1.29, 1.82) is 0 Å². The number of likely N-dealkylation sites (N-methyl/N-ethyl adjacent to an activating group) is 1. The summed E-state index contributed by atoms with van der Waals surface area (Å²) in [5.41, 5.74) is 0. The number of pyridine rings is 1. The maximum absolute atomic E-state index is 10.5. The molecule has 1 rings (SSSR count). The van der Waals surface area contributed by atoms with Gasteiger partial charge in [0.2, 0.25) is 0 Å².